The molecule has 0 heterocycles. The van der Waals surface area contributed by atoms with Gasteiger partial charge in [0, 0.05) is 12.6 Å². The lowest BCUT2D eigenvalue weighted by Crippen LogP contribution is -2.50. The van der Waals surface area contributed by atoms with Gasteiger partial charge in [0.25, 0.3) is 0 Å². The van der Waals surface area contributed by atoms with Crippen molar-refractivity contribution in [3.8, 4) is 0 Å². The van der Waals surface area contributed by atoms with Crippen LogP contribution >= 0.6 is 0 Å². The summed E-state index contributed by atoms with van der Waals surface area (Å²) in [7, 11) is 0. The molecule has 1 atom stereocenters. The number of hydrogen-bond donors (Lipinski definition) is 2. The molecule has 114 valence electrons. The zero-order valence-electron chi connectivity index (χ0n) is 13.4. The Kier molecular flexibility index (Phi) is 6.18. The third-order valence-electron chi connectivity index (χ3n) is 3.23. The predicted octanol–water partition coefficient (Wildman–Crippen LogP) is 3.08. The van der Waals surface area contributed by atoms with Crippen LogP contribution in [0.25, 0.3) is 0 Å². The number of rotatable bonds is 7. The van der Waals surface area contributed by atoms with Crippen molar-refractivity contribution in [2.45, 2.75) is 58.2 Å². The largest absolute Gasteiger partial charge is 0.394 e. The topological polar surface area (TPSA) is 41.5 Å². The predicted molar refractivity (Wildman–Crippen MR) is 83.8 cm³/mol. The number of aliphatic hydroxyl groups excluding tert-OH is 1. The van der Waals surface area contributed by atoms with Gasteiger partial charge < -0.3 is 15.2 Å². The molecule has 3 nitrogen and oxygen atoms in total. The van der Waals surface area contributed by atoms with E-state index in [0.717, 1.165) is 12.0 Å². The molecular weight excluding hydrogens is 250 g/mol. The molecule has 0 radical (unpaired) electrons. The number of aliphatic hydroxyl groups is 1. The number of ether oxygens (including phenoxy) is 1. The highest BCUT2D eigenvalue weighted by Gasteiger charge is 2.32. The molecule has 3 heteroatoms. The summed E-state index contributed by atoms with van der Waals surface area (Å²) in [5.41, 5.74) is 0.504. The second-order valence-electron chi connectivity index (χ2n) is 6.62. The van der Waals surface area contributed by atoms with Crippen LogP contribution in [0.5, 0.6) is 0 Å². The minimum atomic E-state index is -0.444. The van der Waals surface area contributed by atoms with Gasteiger partial charge >= 0.3 is 0 Å². The lowest BCUT2D eigenvalue weighted by atomic mass is 9.86. The van der Waals surface area contributed by atoms with Crippen LogP contribution in [0.3, 0.4) is 0 Å². The molecule has 1 aromatic rings. The summed E-state index contributed by atoms with van der Waals surface area (Å²) < 4.78 is 5.84. The Morgan fingerprint density at radius 3 is 2.20 bits per heavy atom. The average Bonchev–Trinajstić information content (AvgIpc) is 2.36. The van der Waals surface area contributed by atoms with Crippen LogP contribution in [-0.2, 0) is 10.3 Å². The van der Waals surface area contributed by atoms with Crippen molar-refractivity contribution >= 4 is 0 Å². The summed E-state index contributed by atoms with van der Waals surface area (Å²) in [5.74, 6) is 0. The first kappa shape index (κ1) is 17.2. The third-order valence-corrected chi connectivity index (χ3v) is 3.23. The SMILES string of the molecule is CC(C)NC(CO)(CCOC(C)(C)C)c1ccccc1. The average molecular weight is 279 g/mol. The van der Waals surface area contributed by atoms with E-state index in [0.29, 0.717) is 6.61 Å². The maximum Gasteiger partial charge on any atom is 0.0693 e. The molecule has 0 saturated carbocycles. The number of nitrogens with one attached hydrogen (secondary N) is 1. The van der Waals surface area contributed by atoms with Crippen molar-refractivity contribution in [3.05, 3.63) is 35.9 Å². The Balaban J connectivity index is 2.89. The molecule has 0 fully saturated rings. The van der Waals surface area contributed by atoms with Crippen molar-refractivity contribution in [1.82, 2.24) is 5.32 Å². The highest BCUT2D eigenvalue weighted by atomic mass is 16.5. The summed E-state index contributed by atoms with van der Waals surface area (Å²) in [6.07, 6.45) is 0.739. The van der Waals surface area contributed by atoms with Crippen molar-refractivity contribution < 1.29 is 9.84 Å². The molecule has 0 aliphatic rings. The van der Waals surface area contributed by atoms with E-state index in [2.05, 4.69) is 31.3 Å². The van der Waals surface area contributed by atoms with E-state index < -0.39 is 5.54 Å². The van der Waals surface area contributed by atoms with E-state index >= 15 is 0 Å². The third kappa shape index (κ3) is 5.23. The van der Waals surface area contributed by atoms with Gasteiger partial charge in [-0.2, -0.15) is 0 Å². The molecule has 0 aliphatic carbocycles. The van der Waals surface area contributed by atoms with Gasteiger partial charge in [0.1, 0.15) is 0 Å². The van der Waals surface area contributed by atoms with Crippen molar-refractivity contribution in [2.24, 2.45) is 0 Å². The zero-order valence-corrected chi connectivity index (χ0v) is 13.4. The fraction of sp³-hybridized carbons (Fsp3) is 0.647. The highest BCUT2D eigenvalue weighted by molar-refractivity contribution is 5.25. The van der Waals surface area contributed by atoms with E-state index in [1.165, 1.54) is 0 Å². The zero-order chi connectivity index (χ0) is 15.2. The fourth-order valence-corrected chi connectivity index (χ4v) is 2.36. The Labute approximate surface area is 123 Å². The Hall–Kier alpha value is -0.900. The molecule has 1 aromatic carbocycles. The molecule has 2 N–H and O–H groups in total. The van der Waals surface area contributed by atoms with Crippen molar-refractivity contribution in [3.63, 3.8) is 0 Å². The second kappa shape index (κ2) is 7.21. The fourth-order valence-electron chi connectivity index (χ4n) is 2.36. The lowest BCUT2D eigenvalue weighted by Gasteiger charge is -2.36. The van der Waals surface area contributed by atoms with Crippen LogP contribution in [0.4, 0.5) is 0 Å². The normalized spacial score (nSPS) is 15.3. The molecule has 0 spiro atoms. The van der Waals surface area contributed by atoms with Crippen LogP contribution < -0.4 is 5.32 Å². The second-order valence-corrected chi connectivity index (χ2v) is 6.62. The smallest absolute Gasteiger partial charge is 0.0693 e. The highest BCUT2D eigenvalue weighted by Crippen LogP contribution is 2.26. The maximum absolute atomic E-state index is 9.99. The molecule has 1 rings (SSSR count). The van der Waals surface area contributed by atoms with Crippen molar-refractivity contribution in [2.75, 3.05) is 13.2 Å². The summed E-state index contributed by atoms with van der Waals surface area (Å²) in [6, 6.07) is 10.4. The monoisotopic (exact) mass is 279 g/mol. The van der Waals surface area contributed by atoms with Gasteiger partial charge in [-0.05, 0) is 46.6 Å². The van der Waals surface area contributed by atoms with Crippen LogP contribution in [0.15, 0.2) is 30.3 Å². The Bertz CT molecular complexity index is 384. The van der Waals surface area contributed by atoms with Crippen LogP contribution in [-0.4, -0.2) is 30.0 Å². The van der Waals surface area contributed by atoms with Gasteiger partial charge in [-0.3, -0.25) is 0 Å². The first-order valence-electron chi connectivity index (χ1n) is 7.37. The molecule has 0 aromatic heterocycles. The first-order valence-corrected chi connectivity index (χ1v) is 7.37. The van der Waals surface area contributed by atoms with Gasteiger partial charge in [-0.1, -0.05) is 30.3 Å². The summed E-state index contributed by atoms with van der Waals surface area (Å²) >= 11 is 0. The van der Waals surface area contributed by atoms with E-state index in [9.17, 15) is 5.11 Å². The Morgan fingerprint density at radius 2 is 1.75 bits per heavy atom. The number of hydrogen-bond acceptors (Lipinski definition) is 3. The molecule has 0 aliphatic heterocycles. The molecule has 0 amide bonds. The Morgan fingerprint density at radius 1 is 1.15 bits per heavy atom. The molecule has 20 heavy (non-hydrogen) atoms. The lowest BCUT2D eigenvalue weighted by molar-refractivity contribution is -0.0204. The van der Waals surface area contributed by atoms with Crippen LogP contribution in [0, 0.1) is 0 Å². The quantitative estimate of drug-likeness (QED) is 0.806. The van der Waals surface area contributed by atoms with Gasteiger partial charge in [0.2, 0.25) is 0 Å². The first-order chi connectivity index (χ1) is 9.29. The van der Waals surface area contributed by atoms with Crippen LogP contribution in [0.1, 0.15) is 46.6 Å². The van der Waals surface area contributed by atoms with E-state index in [-0.39, 0.29) is 18.2 Å². The van der Waals surface area contributed by atoms with Crippen molar-refractivity contribution in [1.29, 1.82) is 0 Å². The molecule has 0 bridgehead atoms. The molecular formula is C17H29NO2. The summed E-state index contributed by atoms with van der Waals surface area (Å²) in [4.78, 5) is 0. The maximum atomic E-state index is 9.99. The summed E-state index contributed by atoms with van der Waals surface area (Å²) in [5, 5.41) is 13.5. The van der Waals surface area contributed by atoms with E-state index in [1.54, 1.807) is 0 Å². The van der Waals surface area contributed by atoms with E-state index in [1.807, 2.05) is 39.0 Å². The van der Waals surface area contributed by atoms with Gasteiger partial charge in [0.05, 0.1) is 17.7 Å². The summed E-state index contributed by atoms with van der Waals surface area (Å²) in [6.45, 7) is 11.0. The minimum absolute atomic E-state index is 0.0582. The number of benzene rings is 1. The molecule has 1 unspecified atom stereocenters. The van der Waals surface area contributed by atoms with Crippen LogP contribution in [0.2, 0.25) is 0 Å². The standard InChI is InChI=1S/C17H29NO2/c1-14(2)18-17(13-19,11-12-20-16(3,4)5)15-9-7-6-8-10-15/h6-10,14,18-19H,11-13H2,1-5H3. The van der Waals surface area contributed by atoms with Gasteiger partial charge in [-0.15, -0.1) is 0 Å². The van der Waals surface area contributed by atoms with Gasteiger partial charge in [0.15, 0.2) is 0 Å². The molecule has 0 saturated heterocycles. The van der Waals surface area contributed by atoms with Gasteiger partial charge in [-0.25, -0.2) is 0 Å². The van der Waals surface area contributed by atoms with E-state index in [4.69, 9.17) is 4.74 Å². The minimum Gasteiger partial charge on any atom is -0.394 e.